The molecule has 0 spiro atoms. The predicted molar refractivity (Wildman–Crippen MR) is 101 cm³/mol. The molecular formula is C21H27FN2O. The standard InChI is InChI=1S/C16H14FNO.C5H13N/c1-3-14(17)6-4-11(2)16-15-7-5-12(9-18)8-13(15)10-19-16;1-4-5-6(2)3/h3-8,16H,1,10H2,2H3;4-5H2,1-3H3/b11-4+,14-6+;. The maximum absolute atomic E-state index is 13.0. The first kappa shape index (κ1) is 20.8. The second kappa shape index (κ2) is 10.6. The number of hydrogen-bond acceptors (Lipinski definition) is 3. The second-order valence-electron chi connectivity index (χ2n) is 6.19. The zero-order valence-electron chi connectivity index (χ0n) is 15.6. The molecule has 25 heavy (non-hydrogen) atoms. The van der Waals surface area contributed by atoms with Gasteiger partial charge in [0.15, 0.2) is 0 Å². The Balaban J connectivity index is 0.000000450. The zero-order valence-corrected chi connectivity index (χ0v) is 15.6. The molecule has 1 aliphatic rings. The molecule has 1 unspecified atom stereocenters. The summed E-state index contributed by atoms with van der Waals surface area (Å²) < 4.78 is 18.7. The van der Waals surface area contributed by atoms with Crippen molar-refractivity contribution in [2.45, 2.75) is 33.0 Å². The first-order valence-corrected chi connectivity index (χ1v) is 8.38. The highest BCUT2D eigenvalue weighted by atomic mass is 19.1. The van der Waals surface area contributed by atoms with Gasteiger partial charge in [-0.2, -0.15) is 5.26 Å². The van der Waals surface area contributed by atoms with E-state index in [1.807, 2.05) is 19.1 Å². The minimum absolute atomic E-state index is 0.170. The largest absolute Gasteiger partial charge is 0.364 e. The lowest BCUT2D eigenvalue weighted by Crippen LogP contribution is -2.11. The molecule has 0 N–H and O–H groups in total. The van der Waals surface area contributed by atoms with Crippen molar-refractivity contribution in [2.24, 2.45) is 0 Å². The highest BCUT2D eigenvalue weighted by Crippen LogP contribution is 2.36. The van der Waals surface area contributed by atoms with Crippen molar-refractivity contribution in [1.82, 2.24) is 4.90 Å². The van der Waals surface area contributed by atoms with Gasteiger partial charge in [-0.3, -0.25) is 0 Å². The highest BCUT2D eigenvalue weighted by Gasteiger charge is 2.24. The van der Waals surface area contributed by atoms with Gasteiger partial charge in [-0.05, 0) is 75.0 Å². The van der Waals surface area contributed by atoms with Gasteiger partial charge in [0, 0.05) is 0 Å². The summed E-state index contributed by atoms with van der Waals surface area (Å²) in [4.78, 5) is 2.18. The number of nitrogens with zero attached hydrogens (tertiary/aromatic N) is 2. The van der Waals surface area contributed by atoms with Crippen molar-refractivity contribution in [2.75, 3.05) is 20.6 Å². The molecule has 0 radical (unpaired) electrons. The van der Waals surface area contributed by atoms with E-state index in [4.69, 9.17) is 10.00 Å². The van der Waals surface area contributed by atoms with E-state index in [-0.39, 0.29) is 11.9 Å². The summed E-state index contributed by atoms with van der Waals surface area (Å²) >= 11 is 0. The predicted octanol–water partition coefficient (Wildman–Crippen LogP) is 5.07. The van der Waals surface area contributed by atoms with Crippen molar-refractivity contribution in [3.05, 3.63) is 71.1 Å². The zero-order chi connectivity index (χ0) is 18.8. The van der Waals surface area contributed by atoms with Crippen LogP contribution in [0.4, 0.5) is 4.39 Å². The van der Waals surface area contributed by atoms with E-state index >= 15 is 0 Å². The Kier molecular flexibility index (Phi) is 8.83. The topological polar surface area (TPSA) is 36.3 Å². The van der Waals surface area contributed by atoms with Crippen LogP contribution in [0.5, 0.6) is 0 Å². The molecule has 1 atom stereocenters. The molecule has 0 amide bonds. The fraction of sp³-hybridized carbons (Fsp3) is 0.381. The summed E-state index contributed by atoms with van der Waals surface area (Å²) in [7, 11) is 4.17. The van der Waals surface area contributed by atoms with E-state index in [1.165, 1.54) is 19.0 Å². The Hall–Kier alpha value is -2.22. The molecule has 1 aromatic rings. The number of fused-ring (bicyclic) bond motifs is 1. The van der Waals surface area contributed by atoms with Crippen molar-refractivity contribution < 1.29 is 9.13 Å². The Labute approximate surface area is 150 Å². The van der Waals surface area contributed by atoms with Gasteiger partial charge in [-0.25, -0.2) is 4.39 Å². The summed E-state index contributed by atoms with van der Waals surface area (Å²) in [6, 6.07) is 7.62. The van der Waals surface area contributed by atoms with Crippen LogP contribution in [0.15, 0.2) is 54.4 Å². The summed E-state index contributed by atoms with van der Waals surface area (Å²) in [5.74, 6) is -0.377. The number of benzene rings is 1. The highest BCUT2D eigenvalue weighted by molar-refractivity contribution is 5.43. The van der Waals surface area contributed by atoms with Crippen LogP contribution < -0.4 is 0 Å². The van der Waals surface area contributed by atoms with Crippen molar-refractivity contribution in [1.29, 1.82) is 5.26 Å². The minimum Gasteiger partial charge on any atom is -0.364 e. The lowest BCUT2D eigenvalue weighted by atomic mass is 9.98. The van der Waals surface area contributed by atoms with Gasteiger partial charge >= 0.3 is 0 Å². The van der Waals surface area contributed by atoms with Gasteiger partial charge in [-0.1, -0.05) is 25.6 Å². The first-order valence-electron chi connectivity index (χ1n) is 8.38. The molecular weight excluding hydrogens is 315 g/mol. The molecule has 134 valence electrons. The average molecular weight is 342 g/mol. The van der Waals surface area contributed by atoms with Crippen LogP contribution in [-0.4, -0.2) is 25.5 Å². The first-order chi connectivity index (χ1) is 11.9. The molecule has 0 bridgehead atoms. The monoisotopic (exact) mass is 342 g/mol. The van der Waals surface area contributed by atoms with Crippen molar-refractivity contribution >= 4 is 0 Å². The lowest BCUT2D eigenvalue weighted by Gasteiger charge is -2.11. The Morgan fingerprint density at radius 2 is 2.16 bits per heavy atom. The number of nitriles is 1. The van der Waals surface area contributed by atoms with E-state index in [9.17, 15) is 4.39 Å². The van der Waals surface area contributed by atoms with E-state index in [1.54, 1.807) is 12.1 Å². The summed E-state index contributed by atoms with van der Waals surface area (Å²) in [6.07, 6.45) is 5.30. The molecule has 1 aliphatic heterocycles. The molecule has 1 heterocycles. The van der Waals surface area contributed by atoms with Gasteiger partial charge < -0.3 is 9.64 Å². The lowest BCUT2D eigenvalue weighted by molar-refractivity contribution is 0.0911. The van der Waals surface area contributed by atoms with Crippen LogP contribution >= 0.6 is 0 Å². The van der Waals surface area contributed by atoms with Crippen LogP contribution in [0, 0.1) is 11.3 Å². The molecule has 4 heteroatoms. The molecule has 0 fully saturated rings. The molecule has 2 rings (SSSR count). The molecule has 1 aromatic carbocycles. The number of allylic oxidation sites excluding steroid dienone is 4. The van der Waals surface area contributed by atoms with E-state index in [0.29, 0.717) is 12.2 Å². The minimum atomic E-state index is -0.377. The summed E-state index contributed by atoms with van der Waals surface area (Å²) in [6.45, 7) is 9.12. The molecule has 0 saturated heterocycles. The van der Waals surface area contributed by atoms with Gasteiger partial charge in [0.25, 0.3) is 0 Å². The van der Waals surface area contributed by atoms with Crippen LogP contribution in [0.2, 0.25) is 0 Å². The van der Waals surface area contributed by atoms with E-state index < -0.39 is 0 Å². The third-order valence-corrected chi connectivity index (χ3v) is 3.74. The third kappa shape index (κ3) is 6.66. The second-order valence-corrected chi connectivity index (χ2v) is 6.19. The average Bonchev–Trinajstić information content (AvgIpc) is 3.02. The normalized spacial score (nSPS) is 16.8. The Bertz CT molecular complexity index is 684. The van der Waals surface area contributed by atoms with Crippen molar-refractivity contribution in [3.8, 4) is 6.07 Å². The number of hydrogen-bond donors (Lipinski definition) is 0. The van der Waals surface area contributed by atoms with Crippen LogP contribution in [0.3, 0.4) is 0 Å². The van der Waals surface area contributed by atoms with E-state index in [2.05, 4.69) is 38.6 Å². The third-order valence-electron chi connectivity index (χ3n) is 3.74. The van der Waals surface area contributed by atoms with Gasteiger partial charge in [0.05, 0.1) is 18.2 Å². The number of ether oxygens (including phenoxy) is 1. The molecule has 0 aromatic heterocycles. The quantitative estimate of drug-likeness (QED) is 0.701. The smallest absolute Gasteiger partial charge is 0.122 e. The Morgan fingerprint density at radius 3 is 2.68 bits per heavy atom. The van der Waals surface area contributed by atoms with Gasteiger partial charge in [0.2, 0.25) is 0 Å². The number of rotatable bonds is 5. The fourth-order valence-corrected chi connectivity index (χ4v) is 2.51. The maximum Gasteiger partial charge on any atom is 0.122 e. The summed E-state index contributed by atoms with van der Waals surface area (Å²) in [5.41, 5.74) is 3.60. The number of halogens is 1. The van der Waals surface area contributed by atoms with Crippen molar-refractivity contribution in [3.63, 3.8) is 0 Å². The van der Waals surface area contributed by atoms with Gasteiger partial charge in [0.1, 0.15) is 11.9 Å². The Morgan fingerprint density at radius 1 is 1.44 bits per heavy atom. The van der Waals surface area contributed by atoms with Gasteiger partial charge in [-0.15, -0.1) is 0 Å². The SMILES string of the molecule is C=C/C(F)=C\C=C(/C)C1OCc2cc(C#N)ccc21.CCCN(C)C. The molecule has 0 aliphatic carbocycles. The van der Waals surface area contributed by atoms with Crippen LogP contribution in [0.25, 0.3) is 0 Å². The summed E-state index contributed by atoms with van der Waals surface area (Å²) in [5, 5.41) is 8.86. The van der Waals surface area contributed by atoms with E-state index in [0.717, 1.165) is 22.8 Å². The fourth-order valence-electron chi connectivity index (χ4n) is 2.51. The molecule has 3 nitrogen and oxygen atoms in total. The molecule has 0 saturated carbocycles. The van der Waals surface area contributed by atoms with Crippen LogP contribution in [0.1, 0.15) is 43.1 Å². The maximum atomic E-state index is 13.0. The van der Waals surface area contributed by atoms with Crippen LogP contribution in [-0.2, 0) is 11.3 Å².